The smallest absolute Gasteiger partial charge is 0.255 e. The number of hydrogen-bond acceptors (Lipinski definition) is 4. The van der Waals surface area contributed by atoms with Crippen LogP contribution in [-0.4, -0.2) is 11.9 Å². The molecule has 5 heteroatoms. The van der Waals surface area contributed by atoms with Crippen LogP contribution < -0.4 is 11.1 Å². The molecule has 0 radical (unpaired) electrons. The third-order valence-corrected chi connectivity index (χ3v) is 4.43. The van der Waals surface area contributed by atoms with Gasteiger partial charge in [0.05, 0.1) is 10.6 Å². The third kappa shape index (κ3) is 2.42. The lowest BCUT2D eigenvalue weighted by atomic mass is 10.1. The van der Waals surface area contributed by atoms with E-state index in [1.54, 1.807) is 11.3 Å². The van der Waals surface area contributed by atoms with Gasteiger partial charge in [0, 0.05) is 21.9 Å². The highest BCUT2D eigenvalue weighted by atomic mass is 32.1. The molecule has 0 fully saturated rings. The molecule has 96 valence electrons. The van der Waals surface area contributed by atoms with Gasteiger partial charge in [0.25, 0.3) is 5.91 Å². The number of aryl methyl sites for hydroxylation is 1. The van der Waals surface area contributed by atoms with Crippen LogP contribution in [0.5, 0.6) is 0 Å². The molecule has 0 aliphatic carbocycles. The van der Waals surface area contributed by atoms with Crippen LogP contribution in [0, 0.1) is 6.92 Å². The number of amides is 1. The number of rotatable bonds is 3. The van der Waals surface area contributed by atoms with E-state index in [0.29, 0.717) is 10.6 Å². The van der Waals surface area contributed by atoms with Gasteiger partial charge in [0.15, 0.2) is 0 Å². The molecule has 1 amide bonds. The van der Waals surface area contributed by atoms with E-state index in [9.17, 15) is 4.79 Å². The zero-order valence-corrected chi connectivity index (χ0v) is 12.2. The number of thiophene rings is 2. The molecule has 0 aromatic carbocycles. The number of nitrogen functional groups attached to an aromatic ring is 1. The van der Waals surface area contributed by atoms with Crippen molar-refractivity contribution < 1.29 is 4.79 Å². The highest BCUT2D eigenvalue weighted by molar-refractivity contribution is 7.16. The minimum Gasteiger partial charge on any atom is -0.390 e. The molecule has 0 spiro atoms. The van der Waals surface area contributed by atoms with E-state index in [-0.39, 0.29) is 11.9 Å². The normalized spacial score (nSPS) is 10.9. The third-order valence-electron chi connectivity index (χ3n) is 2.57. The Balaban J connectivity index is 2.45. The molecule has 0 saturated heterocycles. The molecule has 2 rings (SSSR count). The predicted molar refractivity (Wildman–Crippen MR) is 79.4 cm³/mol. The minimum absolute atomic E-state index is 0.0912. The Morgan fingerprint density at radius 3 is 2.67 bits per heavy atom. The Bertz CT molecular complexity index is 569. The maximum Gasteiger partial charge on any atom is 0.255 e. The van der Waals surface area contributed by atoms with E-state index in [1.807, 2.05) is 31.5 Å². The molecule has 3 N–H and O–H groups in total. The Labute approximate surface area is 115 Å². The van der Waals surface area contributed by atoms with Gasteiger partial charge < -0.3 is 11.1 Å². The molecule has 2 heterocycles. The van der Waals surface area contributed by atoms with Crippen molar-refractivity contribution in [2.45, 2.75) is 26.8 Å². The fourth-order valence-corrected chi connectivity index (χ4v) is 3.58. The lowest BCUT2D eigenvalue weighted by Gasteiger charge is -2.09. The molecule has 2 aromatic heterocycles. The van der Waals surface area contributed by atoms with E-state index < -0.39 is 0 Å². The maximum atomic E-state index is 12.2. The van der Waals surface area contributed by atoms with Crippen LogP contribution in [0.1, 0.15) is 29.8 Å². The van der Waals surface area contributed by atoms with Crippen molar-refractivity contribution in [3.8, 4) is 10.4 Å². The highest BCUT2D eigenvalue weighted by Crippen LogP contribution is 2.38. The summed E-state index contributed by atoms with van der Waals surface area (Å²) in [4.78, 5) is 13.3. The van der Waals surface area contributed by atoms with Crippen LogP contribution in [0.3, 0.4) is 0 Å². The van der Waals surface area contributed by atoms with Crippen LogP contribution in [0.25, 0.3) is 10.4 Å². The molecular weight excluding hydrogens is 264 g/mol. The van der Waals surface area contributed by atoms with Crippen molar-refractivity contribution in [2.24, 2.45) is 0 Å². The van der Waals surface area contributed by atoms with Gasteiger partial charge in [-0.2, -0.15) is 0 Å². The number of nitrogens with one attached hydrogen (secondary N) is 1. The average molecular weight is 280 g/mol. The molecule has 2 aromatic rings. The van der Waals surface area contributed by atoms with Crippen LogP contribution in [0.2, 0.25) is 0 Å². The Kier molecular flexibility index (Phi) is 3.73. The first-order chi connectivity index (χ1) is 8.50. The quantitative estimate of drug-likeness (QED) is 0.904. The van der Waals surface area contributed by atoms with Crippen LogP contribution in [0.4, 0.5) is 5.00 Å². The van der Waals surface area contributed by atoms with E-state index in [0.717, 1.165) is 10.4 Å². The lowest BCUT2D eigenvalue weighted by molar-refractivity contribution is 0.0945. The molecule has 0 unspecified atom stereocenters. The zero-order chi connectivity index (χ0) is 13.3. The van der Waals surface area contributed by atoms with Crippen molar-refractivity contribution in [1.82, 2.24) is 5.32 Å². The number of carbonyl (C=O) groups excluding carboxylic acids is 1. The van der Waals surface area contributed by atoms with Crippen molar-refractivity contribution >= 4 is 33.6 Å². The summed E-state index contributed by atoms with van der Waals surface area (Å²) in [6.45, 7) is 5.93. The van der Waals surface area contributed by atoms with E-state index in [1.165, 1.54) is 16.9 Å². The lowest BCUT2D eigenvalue weighted by Crippen LogP contribution is -2.30. The second-order valence-corrected chi connectivity index (χ2v) is 6.28. The Morgan fingerprint density at radius 2 is 2.11 bits per heavy atom. The maximum absolute atomic E-state index is 12.2. The van der Waals surface area contributed by atoms with Gasteiger partial charge in [-0.05, 0) is 37.8 Å². The van der Waals surface area contributed by atoms with Crippen molar-refractivity contribution in [1.29, 1.82) is 0 Å². The topological polar surface area (TPSA) is 55.1 Å². The van der Waals surface area contributed by atoms with Crippen LogP contribution >= 0.6 is 22.7 Å². The van der Waals surface area contributed by atoms with Gasteiger partial charge in [0.1, 0.15) is 0 Å². The molecular formula is C13H16N2OS2. The Morgan fingerprint density at radius 1 is 1.39 bits per heavy atom. The summed E-state index contributed by atoms with van der Waals surface area (Å²) < 4.78 is 0. The van der Waals surface area contributed by atoms with Gasteiger partial charge in [-0.1, -0.05) is 0 Å². The SMILES string of the molecule is Cc1ccsc1-c1csc(N)c1C(=O)NC(C)C. The average Bonchev–Trinajstić information content (AvgIpc) is 2.83. The van der Waals surface area contributed by atoms with Crippen molar-refractivity contribution in [2.75, 3.05) is 5.73 Å². The molecule has 0 bridgehead atoms. The number of hydrogen-bond donors (Lipinski definition) is 2. The fraction of sp³-hybridized carbons (Fsp3) is 0.308. The van der Waals surface area contributed by atoms with E-state index in [4.69, 9.17) is 5.73 Å². The van der Waals surface area contributed by atoms with E-state index >= 15 is 0 Å². The summed E-state index contributed by atoms with van der Waals surface area (Å²) in [6, 6.07) is 2.16. The summed E-state index contributed by atoms with van der Waals surface area (Å²) in [7, 11) is 0. The molecule has 0 aliphatic heterocycles. The summed E-state index contributed by atoms with van der Waals surface area (Å²) >= 11 is 3.05. The zero-order valence-electron chi connectivity index (χ0n) is 10.6. The van der Waals surface area contributed by atoms with Gasteiger partial charge in [-0.15, -0.1) is 22.7 Å². The number of nitrogens with two attached hydrogens (primary N) is 1. The summed E-state index contributed by atoms with van der Waals surface area (Å²) in [5, 5.41) is 7.47. The first-order valence-corrected chi connectivity index (χ1v) is 7.49. The molecule has 0 saturated carbocycles. The summed E-state index contributed by atoms with van der Waals surface area (Å²) in [5.74, 6) is -0.0912. The second kappa shape index (κ2) is 5.12. The van der Waals surface area contributed by atoms with Gasteiger partial charge >= 0.3 is 0 Å². The van der Waals surface area contributed by atoms with Gasteiger partial charge in [-0.25, -0.2) is 0 Å². The number of carbonyl (C=O) groups is 1. The van der Waals surface area contributed by atoms with Crippen LogP contribution in [0.15, 0.2) is 16.8 Å². The number of anilines is 1. The molecule has 3 nitrogen and oxygen atoms in total. The molecule has 18 heavy (non-hydrogen) atoms. The second-order valence-electron chi connectivity index (χ2n) is 4.45. The highest BCUT2D eigenvalue weighted by Gasteiger charge is 2.20. The van der Waals surface area contributed by atoms with Crippen molar-refractivity contribution in [3.63, 3.8) is 0 Å². The van der Waals surface area contributed by atoms with Crippen molar-refractivity contribution in [3.05, 3.63) is 28.0 Å². The van der Waals surface area contributed by atoms with E-state index in [2.05, 4.69) is 11.4 Å². The first-order valence-electron chi connectivity index (χ1n) is 5.73. The standard InChI is InChI=1S/C13H16N2OS2/c1-7(2)15-13(16)10-9(6-18-12(10)14)11-8(3)4-5-17-11/h4-7H,14H2,1-3H3,(H,15,16). The van der Waals surface area contributed by atoms with Gasteiger partial charge in [-0.3, -0.25) is 4.79 Å². The minimum atomic E-state index is -0.0912. The Hall–Kier alpha value is -1.33. The monoisotopic (exact) mass is 280 g/mol. The largest absolute Gasteiger partial charge is 0.390 e. The summed E-state index contributed by atoms with van der Waals surface area (Å²) in [6.07, 6.45) is 0. The summed E-state index contributed by atoms with van der Waals surface area (Å²) in [5.41, 5.74) is 8.67. The van der Waals surface area contributed by atoms with Crippen LogP contribution in [-0.2, 0) is 0 Å². The predicted octanol–water partition coefficient (Wildman–Crippen LogP) is 3.51. The molecule has 0 aliphatic rings. The first kappa shape index (κ1) is 13.1. The fourth-order valence-electron chi connectivity index (χ4n) is 1.76. The molecule has 0 atom stereocenters. The van der Waals surface area contributed by atoms with Gasteiger partial charge in [0.2, 0.25) is 0 Å².